The Kier molecular flexibility index (Phi) is 3.76. The van der Waals surface area contributed by atoms with Crippen LogP contribution in [0.5, 0.6) is 0 Å². The summed E-state index contributed by atoms with van der Waals surface area (Å²) in [4.78, 5) is 26.1. The lowest BCUT2D eigenvalue weighted by Crippen LogP contribution is -2.36. The summed E-state index contributed by atoms with van der Waals surface area (Å²) in [5, 5.41) is 2.88. The molecule has 2 amide bonds. The quantitative estimate of drug-likeness (QED) is 0.910. The Labute approximate surface area is 118 Å². The predicted molar refractivity (Wildman–Crippen MR) is 72.6 cm³/mol. The normalized spacial score (nSPS) is 23.5. The monoisotopic (exact) mass is 276 g/mol. The zero-order valence-corrected chi connectivity index (χ0v) is 11.5. The number of amides is 2. The van der Waals surface area contributed by atoms with Crippen LogP contribution in [0.3, 0.4) is 0 Å². The van der Waals surface area contributed by atoms with Crippen molar-refractivity contribution in [1.82, 2.24) is 10.2 Å². The van der Waals surface area contributed by atoms with E-state index in [-0.39, 0.29) is 17.7 Å². The molecule has 2 aliphatic rings. The van der Waals surface area contributed by atoms with Crippen molar-refractivity contribution in [2.24, 2.45) is 5.92 Å². The summed E-state index contributed by atoms with van der Waals surface area (Å²) in [6.07, 6.45) is 8.14. The number of carbonyl (C=O) groups is 2. The smallest absolute Gasteiger partial charge is 0.225 e. The molecule has 20 heavy (non-hydrogen) atoms. The van der Waals surface area contributed by atoms with E-state index in [1.807, 2.05) is 11.0 Å². The highest BCUT2D eigenvalue weighted by atomic mass is 16.3. The third kappa shape index (κ3) is 2.71. The van der Waals surface area contributed by atoms with Crippen molar-refractivity contribution in [3.05, 3.63) is 24.2 Å². The number of furan rings is 1. The van der Waals surface area contributed by atoms with E-state index in [1.54, 1.807) is 12.5 Å². The van der Waals surface area contributed by atoms with Gasteiger partial charge in [-0.25, -0.2) is 0 Å². The first-order valence-electron chi connectivity index (χ1n) is 7.32. The molecule has 5 heteroatoms. The summed E-state index contributed by atoms with van der Waals surface area (Å²) >= 11 is 0. The second kappa shape index (κ2) is 5.69. The molecule has 2 heterocycles. The Morgan fingerprint density at radius 1 is 1.40 bits per heavy atom. The van der Waals surface area contributed by atoms with Gasteiger partial charge >= 0.3 is 0 Å². The Morgan fingerprint density at radius 2 is 2.20 bits per heavy atom. The third-order valence-corrected chi connectivity index (χ3v) is 4.34. The van der Waals surface area contributed by atoms with Gasteiger partial charge in [-0.3, -0.25) is 9.59 Å². The van der Waals surface area contributed by atoms with Gasteiger partial charge in [-0.15, -0.1) is 0 Å². The van der Waals surface area contributed by atoms with E-state index in [0.717, 1.165) is 18.4 Å². The van der Waals surface area contributed by atoms with Crippen LogP contribution in [0.1, 0.15) is 37.7 Å². The molecule has 0 aromatic carbocycles. The standard InChI is InChI=1S/C15H20N2O3/c18-14-7-12(9-17(14)13-3-1-2-4-13)15(19)16-8-11-5-6-20-10-11/h5-6,10,12-13H,1-4,7-9H2,(H,16,19)/t12-/m1/s1. The SMILES string of the molecule is O=C(NCc1ccoc1)[C@@H]1CC(=O)N(C2CCCC2)C1. The van der Waals surface area contributed by atoms with Gasteiger partial charge in [0.05, 0.1) is 18.4 Å². The van der Waals surface area contributed by atoms with E-state index in [9.17, 15) is 9.59 Å². The Bertz CT molecular complexity index is 477. The van der Waals surface area contributed by atoms with Crippen molar-refractivity contribution in [2.75, 3.05) is 6.54 Å². The summed E-state index contributed by atoms with van der Waals surface area (Å²) in [5.41, 5.74) is 0.940. The van der Waals surface area contributed by atoms with Crippen molar-refractivity contribution in [2.45, 2.75) is 44.7 Å². The summed E-state index contributed by atoms with van der Waals surface area (Å²) in [5.74, 6) is -0.0876. The second-order valence-electron chi connectivity index (χ2n) is 5.73. The first-order chi connectivity index (χ1) is 9.74. The molecular formula is C15H20N2O3. The lowest BCUT2D eigenvalue weighted by Gasteiger charge is -2.23. The van der Waals surface area contributed by atoms with E-state index in [1.165, 1.54) is 12.8 Å². The van der Waals surface area contributed by atoms with Crippen LogP contribution in [0.15, 0.2) is 23.0 Å². The lowest BCUT2D eigenvalue weighted by atomic mass is 10.1. The van der Waals surface area contributed by atoms with E-state index >= 15 is 0 Å². The summed E-state index contributed by atoms with van der Waals surface area (Å²) in [6.45, 7) is 1.05. The van der Waals surface area contributed by atoms with E-state index < -0.39 is 0 Å². The lowest BCUT2D eigenvalue weighted by molar-refractivity contribution is -0.130. The van der Waals surface area contributed by atoms with Gasteiger partial charge in [-0.2, -0.15) is 0 Å². The molecule has 3 rings (SSSR count). The van der Waals surface area contributed by atoms with E-state index in [0.29, 0.717) is 25.6 Å². The number of likely N-dealkylation sites (tertiary alicyclic amines) is 1. The molecule has 5 nitrogen and oxygen atoms in total. The van der Waals surface area contributed by atoms with Crippen LogP contribution < -0.4 is 5.32 Å². The Hall–Kier alpha value is -1.78. The number of nitrogens with one attached hydrogen (secondary N) is 1. The molecule has 1 atom stereocenters. The van der Waals surface area contributed by atoms with E-state index in [2.05, 4.69) is 5.32 Å². The van der Waals surface area contributed by atoms with Gasteiger partial charge in [-0.05, 0) is 18.9 Å². The van der Waals surface area contributed by atoms with Crippen LogP contribution in [0.2, 0.25) is 0 Å². The van der Waals surface area contributed by atoms with Crippen molar-refractivity contribution < 1.29 is 14.0 Å². The van der Waals surface area contributed by atoms with Gasteiger partial charge in [0, 0.05) is 31.1 Å². The molecular weight excluding hydrogens is 256 g/mol. The Morgan fingerprint density at radius 3 is 2.90 bits per heavy atom. The molecule has 1 saturated carbocycles. The van der Waals surface area contributed by atoms with Gasteiger partial charge in [0.1, 0.15) is 0 Å². The molecule has 0 unspecified atom stereocenters. The highest BCUT2D eigenvalue weighted by molar-refractivity contribution is 5.89. The van der Waals surface area contributed by atoms with Gasteiger partial charge < -0.3 is 14.6 Å². The van der Waals surface area contributed by atoms with Crippen LogP contribution in [0.4, 0.5) is 0 Å². The third-order valence-electron chi connectivity index (χ3n) is 4.34. The van der Waals surface area contributed by atoms with Gasteiger partial charge in [0.15, 0.2) is 0 Å². The number of nitrogens with zero attached hydrogens (tertiary/aromatic N) is 1. The zero-order valence-electron chi connectivity index (χ0n) is 11.5. The van der Waals surface area contributed by atoms with Gasteiger partial charge in [0.25, 0.3) is 0 Å². The first-order valence-corrected chi connectivity index (χ1v) is 7.32. The molecule has 1 aromatic heterocycles. The molecule has 1 N–H and O–H groups in total. The molecule has 1 aliphatic heterocycles. The minimum absolute atomic E-state index is 0.0277. The molecule has 108 valence electrons. The van der Waals surface area contributed by atoms with Crippen LogP contribution in [0.25, 0.3) is 0 Å². The maximum absolute atomic E-state index is 12.1. The summed E-state index contributed by atoms with van der Waals surface area (Å²) in [7, 11) is 0. The fourth-order valence-corrected chi connectivity index (χ4v) is 3.20. The number of hydrogen-bond acceptors (Lipinski definition) is 3. The van der Waals surface area contributed by atoms with Crippen molar-refractivity contribution in [1.29, 1.82) is 0 Å². The van der Waals surface area contributed by atoms with Crippen LogP contribution >= 0.6 is 0 Å². The molecule has 0 radical (unpaired) electrons. The zero-order chi connectivity index (χ0) is 13.9. The predicted octanol–water partition coefficient (Wildman–Crippen LogP) is 1.69. The van der Waals surface area contributed by atoms with Crippen molar-refractivity contribution in [3.63, 3.8) is 0 Å². The van der Waals surface area contributed by atoms with Crippen LogP contribution in [-0.4, -0.2) is 29.3 Å². The topological polar surface area (TPSA) is 62.6 Å². The van der Waals surface area contributed by atoms with Crippen molar-refractivity contribution >= 4 is 11.8 Å². The van der Waals surface area contributed by atoms with Crippen LogP contribution in [-0.2, 0) is 16.1 Å². The largest absolute Gasteiger partial charge is 0.472 e. The molecule has 0 bridgehead atoms. The molecule has 2 fully saturated rings. The van der Waals surface area contributed by atoms with Crippen molar-refractivity contribution in [3.8, 4) is 0 Å². The Balaban J connectivity index is 1.52. The summed E-state index contributed by atoms with van der Waals surface area (Å²) in [6, 6.07) is 2.19. The fraction of sp³-hybridized carbons (Fsp3) is 0.600. The maximum atomic E-state index is 12.1. The van der Waals surface area contributed by atoms with Crippen LogP contribution in [0, 0.1) is 5.92 Å². The average Bonchev–Trinajstić information content (AvgIpc) is 3.17. The van der Waals surface area contributed by atoms with E-state index in [4.69, 9.17) is 4.42 Å². The van der Waals surface area contributed by atoms with Gasteiger partial charge in [0.2, 0.25) is 11.8 Å². The maximum Gasteiger partial charge on any atom is 0.225 e. The number of hydrogen-bond donors (Lipinski definition) is 1. The highest BCUT2D eigenvalue weighted by Crippen LogP contribution is 2.29. The minimum atomic E-state index is -0.199. The number of rotatable bonds is 4. The molecule has 0 spiro atoms. The second-order valence-corrected chi connectivity index (χ2v) is 5.73. The average molecular weight is 276 g/mol. The fourth-order valence-electron chi connectivity index (χ4n) is 3.20. The molecule has 1 saturated heterocycles. The highest BCUT2D eigenvalue weighted by Gasteiger charge is 2.38. The number of carbonyl (C=O) groups excluding carboxylic acids is 2. The molecule has 1 aliphatic carbocycles. The molecule has 1 aromatic rings. The van der Waals surface area contributed by atoms with Gasteiger partial charge in [-0.1, -0.05) is 12.8 Å². The first kappa shape index (κ1) is 13.2. The summed E-state index contributed by atoms with van der Waals surface area (Å²) < 4.78 is 4.96. The minimum Gasteiger partial charge on any atom is -0.472 e.